The van der Waals surface area contributed by atoms with Crippen LogP contribution in [0.5, 0.6) is 11.5 Å². The van der Waals surface area contributed by atoms with E-state index in [2.05, 4.69) is 47.9 Å². The van der Waals surface area contributed by atoms with E-state index in [9.17, 15) is 10.2 Å². The Morgan fingerprint density at radius 1 is 0.939 bits per heavy atom. The van der Waals surface area contributed by atoms with Crippen LogP contribution in [0.15, 0.2) is 120 Å². The Labute approximate surface area is 389 Å². The molecule has 4 aromatic rings. The summed E-state index contributed by atoms with van der Waals surface area (Å²) < 4.78 is 33.3. The smallest absolute Gasteiger partial charge is 0.410 e. The van der Waals surface area contributed by atoms with Gasteiger partial charge in [0, 0.05) is 50.8 Å². The first-order valence-electron chi connectivity index (χ1n) is 24.0. The summed E-state index contributed by atoms with van der Waals surface area (Å²) in [5.41, 5.74) is 4.71. The minimum absolute atomic E-state index is 0.0364. The second-order valence-electron chi connectivity index (χ2n) is 17.8. The minimum Gasteiger partial charge on any atom is -0.492 e. The van der Waals surface area contributed by atoms with Crippen molar-refractivity contribution in [2.75, 3.05) is 65.9 Å². The van der Waals surface area contributed by atoms with Gasteiger partial charge in [0.25, 0.3) is 0 Å². The van der Waals surface area contributed by atoms with Gasteiger partial charge in [-0.25, -0.2) is 4.79 Å². The third-order valence-corrected chi connectivity index (χ3v) is 13.6. The molecule has 2 N–H and O–H groups in total. The zero-order valence-electron chi connectivity index (χ0n) is 38.4. The van der Waals surface area contributed by atoms with E-state index in [4.69, 9.17) is 33.7 Å². The lowest BCUT2D eigenvalue weighted by Gasteiger charge is -2.59. The third kappa shape index (κ3) is 11.0. The maximum Gasteiger partial charge on any atom is 0.410 e. The first-order chi connectivity index (χ1) is 32.5. The maximum atomic E-state index is 15.1. The molecule has 2 aliphatic carbocycles. The number of carbonyl (C=O) groups excluding carboxylic acids is 1. The van der Waals surface area contributed by atoms with Crippen LogP contribution < -0.4 is 9.47 Å². The molecule has 0 aromatic heterocycles. The number of amides is 1. The summed E-state index contributed by atoms with van der Waals surface area (Å²) in [7, 11) is 0. The van der Waals surface area contributed by atoms with Crippen LogP contribution in [0.2, 0.25) is 0 Å². The molecule has 6 atom stereocenters. The predicted octanol–water partition coefficient (Wildman–Crippen LogP) is 9.04. The quantitative estimate of drug-likeness (QED) is 0.0288. The second-order valence-corrected chi connectivity index (χ2v) is 17.8. The number of allylic oxidation sites excluding steroid dienone is 1. The van der Waals surface area contributed by atoms with Gasteiger partial charge in [-0.2, -0.15) is 0 Å². The van der Waals surface area contributed by atoms with Gasteiger partial charge in [0.2, 0.25) is 5.79 Å². The van der Waals surface area contributed by atoms with E-state index >= 15 is 4.79 Å². The Morgan fingerprint density at radius 2 is 1.73 bits per heavy atom. The number of hydrogen-bond acceptors (Lipinski definition) is 11. The summed E-state index contributed by atoms with van der Waals surface area (Å²) in [4.78, 5) is 25.2. The molecule has 2 fully saturated rings. The van der Waals surface area contributed by atoms with Crippen molar-refractivity contribution >= 4 is 22.6 Å². The highest BCUT2D eigenvalue weighted by Crippen LogP contribution is 2.62. The van der Waals surface area contributed by atoms with Crippen LogP contribution in [0.4, 0.5) is 4.79 Å². The Morgan fingerprint density at radius 3 is 2.52 bits per heavy atom. The van der Waals surface area contributed by atoms with Gasteiger partial charge >= 0.3 is 6.09 Å². The van der Waals surface area contributed by atoms with Gasteiger partial charge in [0.15, 0.2) is 0 Å². The van der Waals surface area contributed by atoms with Gasteiger partial charge in [0.1, 0.15) is 37.4 Å². The van der Waals surface area contributed by atoms with E-state index in [1.54, 1.807) is 11.0 Å². The molecule has 0 spiro atoms. The Bertz CT molecular complexity index is 2280. The molecule has 4 aliphatic rings. The molecule has 0 unspecified atom stereocenters. The zero-order chi connectivity index (χ0) is 45.7. The molecule has 0 bridgehead atoms. The largest absolute Gasteiger partial charge is 0.492 e. The molecule has 2 heterocycles. The molecule has 1 saturated heterocycles. The van der Waals surface area contributed by atoms with Gasteiger partial charge < -0.3 is 38.7 Å². The molecule has 1 amide bonds. The highest BCUT2D eigenvalue weighted by Gasteiger charge is 2.65. The van der Waals surface area contributed by atoms with Gasteiger partial charge in [-0.05, 0) is 90.1 Å². The summed E-state index contributed by atoms with van der Waals surface area (Å²) >= 11 is 0. The van der Waals surface area contributed by atoms with Crippen molar-refractivity contribution in [2.24, 2.45) is 22.9 Å². The van der Waals surface area contributed by atoms with E-state index < -0.39 is 23.8 Å². The molecule has 1 saturated carbocycles. The molecule has 12 heteroatoms. The van der Waals surface area contributed by atoms with Crippen molar-refractivity contribution in [1.82, 2.24) is 9.80 Å². The molecular formula is C54H67N3O9. The molecule has 12 nitrogen and oxygen atoms in total. The van der Waals surface area contributed by atoms with Crippen molar-refractivity contribution in [3.8, 4) is 11.5 Å². The number of benzene rings is 4. The normalized spacial score (nSPS) is 23.6. The SMILES string of the molecule is C=CCO[C@@]12Oc3ccc(OCCN4CC4)cc3[C@H]3[C@H](CCCCO)[C@@H](CCCCO)C=C(C(=NOCC)C[C@@H]1N(Cc1cccc4ccccc14)C(=O)OCCOCc1ccccc1)[C@H]32. The van der Waals surface area contributed by atoms with Crippen molar-refractivity contribution in [2.45, 2.75) is 82.8 Å². The number of aliphatic hydroxyl groups is 2. The van der Waals surface area contributed by atoms with Crippen LogP contribution in [0.1, 0.15) is 74.5 Å². The first kappa shape index (κ1) is 47.3. The van der Waals surface area contributed by atoms with E-state index in [1.165, 1.54) is 0 Å². The fourth-order valence-corrected chi connectivity index (χ4v) is 10.4. The van der Waals surface area contributed by atoms with Gasteiger partial charge in [0.05, 0.1) is 38.0 Å². The van der Waals surface area contributed by atoms with Gasteiger partial charge in [-0.1, -0.05) is 103 Å². The monoisotopic (exact) mass is 901 g/mol. The number of ether oxygens (including phenoxy) is 5. The standard InChI is InChI=1S/C54H67N3O9/c1-3-30-64-54-50(57(37-42-20-14-19-40-17-8-9-21-44(40)42)53(60)63-33-32-61-38-39-15-6-5-7-16-39)36-48(55-65-4-2)46-34-41(18-10-12-28-58)45(22-11-13-29-59)51(52(46)54)47-35-43(23-24-49(47)66-54)62-31-27-56-25-26-56/h3,5-9,14-17,19-21,23-24,34-35,41,45,50-52,58-59H,1,4,10-13,18,22,25-33,36-38H2,2H3/t41-,45+,50-,51+,52+,54+/m0/s1. The van der Waals surface area contributed by atoms with Crippen molar-refractivity contribution in [1.29, 1.82) is 0 Å². The van der Waals surface area contributed by atoms with E-state index in [0.717, 1.165) is 89.8 Å². The average Bonchev–Trinajstić information content (AvgIpc) is 4.18. The van der Waals surface area contributed by atoms with Gasteiger partial charge in [-0.15, -0.1) is 6.58 Å². The number of aliphatic hydroxyl groups excluding tert-OH is 2. The fraction of sp³-hybridized carbons (Fsp3) is 0.481. The molecule has 4 aromatic carbocycles. The first-order valence-corrected chi connectivity index (χ1v) is 24.0. The summed E-state index contributed by atoms with van der Waals surface area (Å²) in [5, 5.41) is 26.9. The van der Waals surface area contributed by atoms with Crippen molar-refractivity contribution in [3.05, 3.63) is 132 Å². The zero-order valence-corrected chi connectivity index (χ0v) is 38.4. The fourth-order valence-electron chi connectivity index (χ4n) is 10.4. The average molecular weight is 902 g/mol. The number of nitrogens with zero attached hydrogens (tertiary/aromatic N) is 3. The lowest BCUT2D eigenvalue weighted by Crippen LogP contribution is -2.70. The molecule has 66 heavy (non-hydrogen) atoms. The second kappa shape index (κ2) is 23.0. The summed E-state index contributed by atoms with van der Waals surface area (Å²) in [6, 6.07) is 29.6. The van der Waals surface area contributed by atoms with Crippen LogP contribution in [0, 0.1) is 17.8 Å². The van der Waals surface area contributed by atoms with Gasteiger partial charge in [-0.3, -0.25) is 9.80 Å². The predicted molar refractivity (Wildman–Crippen MR) is 255 cm³/mol. The van der Waals surface area contributed by atoms with Crippen LogP contribution in [0.25, 0.3) is 10.8 Å². The van der Waals surface area contributed by atoms with Crippen molar-refractivity contribution < 1.29 is 43.5 Å². The number of unbranched alkanes of at least 4 members (excludes halogenated alkanes) is 2. The lowest BCUT2D eigenvalue weighted by molar-refractivity contribution is -0.256. The van der Waals surface area contributed by atoms with Crippen molar-refractivity contribution in [3.63, 3.8) is 0 Å². The highest BCUT2D eigenvalue weighted by atomic mass is 16.7. The Hall–Kier alpha value is -5.24. The summed E-state index contributed by atoms with van der Waals surface area (Å²) in [6.45, 7) is 11.2. The van der Waals surface area contributed by atoms with Crippen LogP contribution in [0.3, 0.4) is 0 Å². The lowest BCUT2D eigenvalue weighted by atomic mass is 9.55. The number of hydrogen-bond donors (Lipinski definition) is 2. The summed E-state index contributed by atoms with van der Waals surface area (Å²) in [5.74, 6) is -0.444. The minimum atomic E-state index is -1.44. The van der Waals surface area contributed by atoms with E-state index in [0.29, 0.717) is 38.4 Å². The number of rotatable bonds is 25. The van der Waals surface area contributed by atoms with Crippen LogP contribution in [-0.2, 0) is 32.2 Å². The highest BCUT2D eigenvalue weighted by molar-refractivity contribution is 6.03. The number of fused-ring (bicyclic) bond motifs is 3. The Kier molecular flexibility index (Phi) is 16.5. The molecular weight excluding hydrogens is 835 g/mol. The van der Waals surface area contributed by atoms with E-state index in [-0.39, 0.29) is 63.8 Å². The molecule has 8 rings (SSSR count). The molecule has 0 radical (unpaired) electrons. The third-order valence-electron chi connectivity index (χ3n) is 13.6. The van der Waals surface area contributed by atoms with Crippen LogP contribution >= 0.6 is 0 Å². The van der Waals surface area contributed by atoms with Crippen LogP contribution in [-0.4, -0.2) is 110 Å². The molecule has 2 aliphatic heterocycles. The Balaban J connectivity index is 1.26. The number of carbonyl (C=O) groups is 1. The summed E-state index contributed by atoms with van der Waals surface area (Å²) in [6.07, 6.45) is 8.55. The molecule has 352 valence electrons. The number of oxime groups is 1. The van der Waals surface area contributed by atoms with E-state index in [1.807, 2.05) is 67.6 Å². The topological polar surface area (TPSA) is 132 Å². The maximum absolute atomic E-state index is 15.1.